The number of methoxy groups -OCH3 is 1. The van der Waals surface area contributed by atoms with Crippen LogP contribution in [0.2, 0.25) is 0 Å². The van der Waals surface area contributed by atoms with Gasteiger partial charge in [-0.2, -0.15) is 8.78 Å². The van der Waals surface area contributed by atoms with Gasteiger partial charge >= 0.3 is 0 Å². The topological polar surface area (TPSA) is 95.0 Å². The molecule has 1 aliphatic carbocycles. The number of rotatable bonds is 14. The summed E-state index contributed by atoms with van der Waals surface area (Å²) in [4.78, 5) is 8.99. The summed E-state index contributed by atoms with van der Waals surface area (Å²) in [6.45, 7) is 3.29. The van der Waals surface area contributed by atoms with Crippen LogP contribution in [0.1, 0.15) is 42.8 Å². The molecule has 0 spiro atoms. The molecule has 1 fully saturated rings. The molecule has 4 rings (SSSR count). The molecule has 1 atom stereocenters. The number of benzene rings is 2. The van der Waals surface area contributed by atoms with E-state index in [4.69, 9.17) is 24.1 Å². The Morgan fingerprint density at radius 2 is 1.79 bits per heavy atom. The van der Waals surface area contributed by atoms with Gasteiger partial charge in [0.2, 0.25) is 0 Å². The smallest absolute Gasteiger partial charge is 0.298 e. The lowest BCUT2D eigenvalue weighted by atomic mass is 10.00. The van der Waals surface area contributed by atoms with Crippen molar-refractivity contribution < 1.29 is 37.2 Å². The van der Waals surface area contributed by atoms with Crippen LogP contribution >= 0.6 is 0 Å². The number of nitrogens with zero attached hydrogens (tertiary/aromatic N) is 2. The highest BCUT2D eigenvalue weighted by atomic mass is 19.3. The lowest BCUT2D eigenvalue weighted by Crippen LogP contribution is -2.22. The normalized spacial score (nSPS) is 14.5. The van der Waals surface area contributed by atoms with E-state index in [-0.39, 0.29) is 5.56 Å². The zero-order chi connectivity index (χ0) is 27.3. The molecule has 38 heavy (non-hydrogen) atoms. The average Bonchev–Trinajstić information content (AvgIpc) is 3.71. The zero-order valence-corrected chi connectivity index (χ0v) is 21.6. The number of aromatic nitrogens is 2. The number of nitrogens with one attached hydrogen (secondary N) is 1. The van der Waals surface area contributed by atoms with Crippen molar-refractivity contribution in [3.05, 3.63) is 53.1 Å². The molecule has 3 aromatic rings. The van der Waals surface area contributed by atoms with Crippen LogP contribution in [0.15, 0.2) is 30.3 Å². The van der Waals surface area contributed by atoms with Gasteiger partial charge in [0.05, 0.1) is 36.4 Å². The number of anilines is 1. The summed E-state index contributed by atoms with van der Waals surface area (Å²) in [5.41, 5.74) is -0.299. The molecule has 0 bridgehead atoms. The fourth-order valence-electron chi connectivity index (χ4n) is 3.96. The van der Waals surface area contributed by atoms with Crippen LogP contribution in [0, 0.1) is 12.7 Å². The summed E-state index contributed by atoms with van der Waals surface area (Å²) in [5, 5.41) is 12.7. The van der Waals surface area contributed by atoms with Crippen LogP contribution in [-0.4, -0.2) is 61.3 Å². The number of alkyl halides is 2. The van der Waals surface area contributed by atoms with Crippen molar-refractivity contribution in [1.29, 1.82) is 0 Å². The minimum absolute atomic E-state index is 0.00765. The summed E-state index contributed by atoms with van der Waals surface area (Å²) in [6.07, 6.45) is 2.43. The van der Waals surface area contributed by atoms with Crippen molar-refractivity contribution in [2.45, 2.75) is 44.8 Å². The molecule has 2 aromatic carbocycles. The number of hydrogen-bond acceptors (Lipinski definition) is 8. The Kier molecular flexibility index (Phi) is 8.91. The molecule has 2 N–H and O–H groups in total. The molecule has 0 aliphatic heterocycles. The van der Waals surface area contributed by atoms with Gasteiger partial charge in [0, 0.05) is 24.1 Å². The number of ether oxygens (including phenoxy) is 4. The Labute approximate surface area is 219 Å². The van der Waals surface area contributed by atoms with Crippen LogP contribution in [-0.2, 0) is 15.4 Å². The number of aryl methyl sites for hydroxylation is 1. The highest BCUT2D eigenvalue weighted by molar-refractivity contribution is 5.92. The van der Waals surface area contributed by atoms with Gasteiger partial charge in [0.25, 0.3) is 5.92 Å². The molecule has 1 aliphatic rings. The Hall–Kier alpha value is -3.15. The summed E-state index contributed by atoms with van der Waals surface area (Å²) in [7, 11) is 1.58. The molecule has 0 radical (unpaired) electrons. The van der Waals surface area contributed by atoms with E-state index in [1.165, 1.54) is 12.1 Å². The molecule has 206 valence electrons. The summed E-state index contributed by atoms with van der Waals surface area (Å²) < 4.78 is 65.8. The van der Waals surface area contributed by atoms with Gasteiger partial charge in [0.15, 0.2) is 11.5 Å². The molecular formula is C27H32F3N3O5. The van der Waals surface area contributed by atoms with Crippen LogP contribution in [0.25, 0.3) is 10.9 Å². The van der Waals surface area contributed by atoms with Crippen molar-refractivity contribution in [1.82, 2.24) is 9.97 Å². The predicted octanol–water partition coefficient (Wildman–Crippen LogP) is 4.92. The second-order valence-corrected chi connectivity index (χ2v) is 9.13. The SMILES string of the molecule is COCCOc1cc2nc(C)nc(N[C@H](C)c3cccc(C(F)(F)CO)c3F)c2cc1OCCOC1CC1. The first-order valence-corrected chi connectivity index (χ1v) is 12.5. The third-order valence-corrected chi connectivity index (χ3v) is 6.08. The fraction of sp³-hybridized carbons (Fsp3) is 0.481. The molecule has 1 aromatic heterocycles. The van der Waals surface area contributed by atoms with E-state index in [9.17, 15) is 8.78 Å². The quantitative estimate of drug-likeness (QED) is 0.281. The Balaban J connectivity index is 1.65. The van der Waals surface area contributed by atoms with E-state index >= 15 is 4.39 Å². The zero-order valence-electron chi connectivity index (χ0n) is 21.6. The van der Waals surface area contributed by atoms with Crippen molar-refractivity contribution in [3.8, 4) is 11.5 Å². The summed E-state index contributed by atoms with van der Waals surface area (Å²) in [5.74, 6) is -3.04. The van der Waals surface area contributed by atoms with Crippen molar-refractivity contribution >= 4 is 16.7 Å². The number of fused-ring (bicyclic) bond motifs is 1. The van der Waals surface area contributed by atoms with Crippen molar-refractivity contribution in [2.24, 2.45) is 0 Å². The summed E-state index contributed by atoms with van der Waals surface area (Å²) >= 11 is 0. The van der Waals surface area contributed by atoms with E-state index < -0.39 is 30.0 Å². The number of halogens is 3. The van der Waals surface area contributed by atoms with E-state index in [1.807, 2.05) is 0 Å². The first kappa shape index (κ1) is 27.9. The van der Waals surface area contributed by atoms with Gasteiger partial charge in [-0.1, -0.05) is 12.1 Å². The highest BCUT2D eigenvalue weighted by Crippen LogP contribution is 2.37. The fourth-order valence-corrected chi connectivity index (χ4v) is 3.96. The van der Waals surface area contributed by atoms with Crippen molar-refractivity contribution in [3.63, 3.8) is 0 Å². The van der Waals surface area contributed by atoms with Crippen LogP contribution in [0.5, 0.6) is 11.5 Å². The first-order valence-electron chi connectivity index (χ1n) is 12.5. The average molecular weight is 536 g/mol. The Bertz CT molecular complexity index is 1260. The van der Waals surface area contributed by atoms with E-state index in [0.29, 0.717) is 66.6 Å². The number of hydrogen-bond donors (Lipinski definition) is 2. The maximum Gasteiger partial charge on any atom is 0.298 e. The molecule has 1 saturated carbocycles. The van der Waals surface area contributed by atoms with Crippen LogP contribution in [0.3, 0.4) is 0 Å². The minimum atomic E-state index is -3.70. The van der Waals surface area contributed by atoms with Crippen LogP contribution in [0.4, 0.5) is 19.0 Å². The number of aliphatic hydroxyl groups is 1. The maximum absolute atomic E-state index is 15.1. The second-order valence-electron chi connectivity index (χ2n) is 9.13. The molecule has 1 heterocycles. The van der Waals surface area contributed by atoms with Crippen LogP contribution < -0.4 is 14.8 Å². The second kappa shape index (κ2) is 12.1. The van der Waals surface area contributed by atoms with E-state index in [1.54, 1.807) is 33.1 Å². The monoisotopic (exact) mass is 535 g/mol. The number of aliphatic hydroxyl groups excluding tert-OH is 1. The van der Waals surface area contributed by atoms with Gasteiger partial charge in [-0.05, 0) is 38.8 Å². The van der Waals surface area contributed by atoms with Gasteiger partial charge in [-0.25, -0.2) is 14.4 Å². The summed E-state index contributed by atoms with van der Waals surface area (Å²) in [6, 6.07) is 6.43. The van der Waals surface area contributed by atoms with Crippen molar-refractivity contribution in [2.75, 3.05) is 45.5 Å². The van der Waals surface area contributed by atoms with Gasteiger partial charge in [-0.3, -0.25) is 0 Å². The third kappa shape index (κ3) is 6.64. The molecule has 0 amide bonds. The third-order valence-electron chi connectivity index (χ3n) is 6.08. The maximum atomic E-state index is 15.1. The van der Waals surface area contributed by atoms with Gasteiger partial charge in [-0.15, -0.1) is 0 Å². The molecule has 0 saturated heterocycles. The largest absolute Gasteiger partial charge is 0.487 e. The lowest BCUT2D eigenvalue weighted by Gasteiger charge is -2.21. The molecular weight excluding hydrogens is 503 g/mol. The minimum Gasteiger partial charge on any atom is -0.487 e. The Morgan fingerprint density at radius 1 is 1.08 bits per heavy atom. The van der Waals surface area contributed by atoms with E-state index in [2.05, 4.69) is 15.3 Å². The predicted molar refractivity (Wildman–Crippen MR) is 136 cm³/mol. The first-order chi connectivity index (χ1) is 18.2. The van der Waals surface area contributed by atoms with Gasteiger partial charge in [0.1, 0.15) is 37.3 Å². The molecule has 0 unspecified atom stereocenters. The molecule has 8 nitrogen and oxygen atoms in total. The Morgan fingerprint density at radius 3 is 2.47 bits per heavy atom. The lowest BCUT2D eigenvalue weighted by molar-refractivity contribution is -0.0583. The standard InChI is InChI=1S/C27H32F3N3O5/c1-16(19-5-4-6-21(25(19)28)27(29,30)15-34)31-26-20-13-23(38-12-11-36-18-7-8-18)24(37-10-9-35-3)14-22(20)32-17(2)33-26/h4-6,13-14,16,18,34H,7-12,15H2,1-3H3,(H,31,32,33)/t16-/m1/s1. The van der Waals surface area contributed by atoms with E-state index in [0.717, 1.165) is 18.9 Å². The van der Waals surface area contributed by atoms with Gasteiger partial charge < -0.3 is 29.4 Å². The highest BCUT2D eigenvalue weighted by Gasteiger charge is 2.35. The molecule has 11 heteroatoms.